The lowest BCUT2D eigenvalue weighted by molar-refractivity contribution is 0.0813. The fraction of sp³-hybridized carbons (Fsp3) is 0.688. The molecule has 1 unspecified atom stereocenters. The molecule has 0 aromatic carbocycles. The van der Waals surface area contributed by atoms with E-state index < -0.39 is 0 Å². The number of nitrogens with zero attached hydrogens (tertiary/aromatic N) is 2. The summed E-state index contributed by atoms with van der Waals surface area (Å²) in [6.45, 7) is 9.79. The molecule has 1 aromatic heterocycles. The quantitative estimate of drug-likeness (QED) is 0.897. The van der Waals surface area contributed by atoms with Gasteiger partial charge in [0, 0.05) is 37.3 Å². The molecule has 1 aliphatic rings. The Balaban J connectivity index is 2.09. The molecule has 0 radical (unpaired) electrons. The molecule has 0 aliphatic carbocycles. The van der Waals surface area contributed by atoms with Crippen LogP contribution < -0.4 is 10.1 Å². The van der Waals surface area contributed by atoms with Crippen molar-refractivity contribution in [1.29, 1.82) is 0 Å². The molecule has 0 saturated carbocycles. The Kier molecular flexibility index (Phi) is 5.00. The summed E-state index contributed by atoms with van der Waals surface area (Å²) in [7, 11) is 1.67. The number of hydrogen-bond donors (Lipinski definition) is 1. The topological polar surface area (TPSA) is 37.4 Å². The van der Waals surface area contributed by atoms with Gasteiger partial charge in [0.1, 0.15) is 0 Å². The average Bonchev–Trinajstić information content (AvgIpc) is 2.42. The molecule has 1 aliphatic heterocycles. The second-order valence-corrected chi connectivity index (χ2v) is 6.28. The van der Waals surface area contributed by atoms with Crippen LogP contribution in [0.15, 0.2) is 18.2 Å². The Hall–Kier alpha value is -1.13. The Labute approximate surface area is 122 Å². The summed E-state index contributed by atoms with van der Waals surface area (Å²) in [5, 5.41) is 3.64. The fourth-order valence-corrected chi connectivity index (χ4v) is 2.89. The van der Waals surface area contributed by atoms with Gasteiger partial charge in [-0.15, -0.1) is 0 Å². The van der Waals surface area contributed by atoms with Gasteiger partial charge in [0.2, 0.25) is 5.88 Å². The van der Waals surface area contributed by atoms with Gasteiger partial charge in [0.05, 0.1) is 12.8 Å². The Morgan fingerprint density at radius 3 is 2.95 bits per heavy atom. The largest absolute Gasteiger partial charge is 0.481 e. The summed E-state index contributed by atoms with van der Waals surface area (Å²) in [4.78, 5) is 7.10. The van der Waals surface area contributed by atoms with E-state index in [4.69, 9.17) is 4.74 Å². The molecule has 0 bridgehead atoms. The van der Waals surface area contributed by atoms with Crippen LogP contribution in [0.4, 0.5) is 0 Å². The van der Waals surface area contributed by atoms with Crippen LogP contribution in [0.5, 0.6) is 5.88 Å². The zero-order valence-electron chi connectivity index (χ0n) is 13.1. The van der Waals surface area contributed by atoms with Gasteiger partial charge >= 0.3 is 0 Å². The van der Waals surface area contributed by atoms with E-state index in [0.29, 0.717) is 11.9 Å². The number of methoxy groups -OCH3 is 1. The zero-order chi connectivity index (χ0) is 14.6. The van der Waals surface area contributed by atoms with Gasteiger partial charge in [-0.1, -0.05) is 19.4 Å². The highest BCUT2D eigenvalue weighted by Crippen LogP contribution is 2.21. The molecular formula is C16H27N3O. The normalized spacial score (nSPS) is 22.7. The zero-order valence-corrected chi connectivity index (χ0v) is 13.1. The van der Waals surface area contributed by atoms with Gasteiger partial charge in [-0.3, -0.25) is 4.90 Å². The average molecular weight is 277 g/mol. The summed E-state index contributed by atoms with van der Waals surface area (Å²) in [6.07, 6.45) is 2.45. The monoisotopic (exact) mass is 277 g/mol. The molecular weight excluding hydrogens is 250 g/mol. The predicted octanol–water partition coefficient (Wildman–Crippen LogP) is 2.44. The van der Waals surface area contributed by atoms with Crippen LogP contribution in [0, 0.1) is 0 Å². The third kappa shape index (κ3) is 3.93. The lowest BCUT2D eigenvalue weighted by atomic mass is 9.96. The Bertz CT molecular complexity index is 433. The summed E-state index contributed by atoms with van der Waals surface area (Å²) in [5.41, 5.74) is 1.26. The van der Waals surface area contributed by atoms with Crippen LogP contribution in [0.25, 0.3) is 0 Å². The van der Waals surface area contributed by atoms with Crippen molar-refractivity contribution in [2.75, 3.05) is 20.2 Å². The first-order valence-electron chi connectivity index (χ1n) is 7.53. The van der Waals surface area contributed by atoms with Crippen molar-refractivity contribution in [2.24, 2.45) is 0 Å². The van der Waals surface area contributed by atoms with Gasteiger partial charge in [-0.2, -0.15) is 0 Å². The van der Waals surface area contributed by atoms with E-state index in [-0.39, 0.29) is 5.54 Å². The molecule has 1 saturated heterocycles. The van der Waals surface area contributed by atoms with Gasteiger partial charge in [0.15, 0.2) is 0 Å². The minimum atomic E-state index is 0.170. The molecule has 2 heterocycles. The van der Waals surface area contributed by atoms with Crippen molar-refractivity contribution < 1.29 is 4.74 Å². The van der Waals surface area contributed by atoms with Crippen LogP contribution >= 0.6 is 0 Å². The van der Waals surface area contributed by atoms with E-state index in [1.54, 1.807) is 7.11 Å². The summed E-state index contributed by atoms with van der Waals surface area (Å²) in [5.74, 6) is 0.698. The SMILES string of the molecule is CCCC1CNC(C)(C)CN1Cc1cccc(OC)n1. The minimum absolute atomic E-state index is 0.170. The highest BCUT2D eigenvalue weighted by atomic mass is 16.5. The third-order valence-electron chi connectivity index (χ3n) is 3.91. The van der Waals surface area contributed by atoms with Crippen molar-refractivity contribution in [3.8, 4) is 5.88 Å². The Morgan fingerprint density at radius 2 is 2.25 bits per heavy atom. The van der Waals surface area contributed by atoms with E-state index in [9.17, 15) is 0 Å². The van der Waals surface area contributed by atoms with Gasteiger partial charge in [-0.05, 0) is 26.3 Å². The molecule has 1 atom stereocenters. The molecule has 112 valence electrons. The number of hydrogen-bond acceptors (Lipinski definition) is 4. The third-order valence-corrected chi connectivity index (χ3v) is 3.91. The standard InChI is InChI=1S/C16H27N3O/c1-5-7-14-10-17-16(2,3)12-19(14)11-13-8-6-9-15(18-13)20-4/h6,8-9,14,17H,5,7,10-12H2,1-4H3. The molecule has 4 nitrogen and oxygen atoms in total. The molecule has 1 aromatic rings. The second-order valence-electron chi connectivity index (χ2n) is 6.28. The first kappa shape index (κ1) is 15.3. The van der Waals surface area contributed by atoms with Crippen LogP contribution in [0.2, 0.25) is 0 Å². The second kappa shape index (κ2) is 6.55. The number of pyridine rings is 1. The van der Waals surface area contributed by atoms with E-state index >= 15 is 0 Å². The number of aromatic nitrogens is 1. The highest BCUT2D eigenvalue weighted by molar-refractivity contribution is 5.16. The number of rotatable bonds is 5. The van der Waals surface area contributed by atoms with Gasteiger partial charge in [0.25, 0.3) is 0 Å². The summed E-state index contributed by atoms with van der Waals surface area (Å²) < 4.78 is 5.22. The molecule has 1 fully saturated rings. The smallest absolute Gasteiger partial charge is 0.213 e. The fourth-order valence-electron chi connectivity index (χ4n) is 2.89. The van der Waals surface area contributed by atoms with Gasteiger partial charge in [-0.25, -0.2) is 4.98 Å². The van der Waals surface area contributed by atoms with Crippen molar-refractivity contribution in [2.45, 2.75) is 51.7 Å². The lowest BCUT2D eigenvalue weighted by Gasteiger charge is -2.44. The molecule has 0 amide bonds. The summed E-state index contributed by atoms with van der Waals surface area (Å²) in [6, 6.07) is 6.60. The number of ether oxygens (including phenoxy) is 1. The van der Waals surface area contributed by atoms with Gasteiger partial charge < -0.3 is 10.1 Å². The van der Waals surface area contributed by atoms with E-state index in [0.717, 1.165) is 25.3 Å². The lowest BCUT2D eigenvalue weighted by Crippen LogP contribution is -2.61. The van der Waals surface area contributed by atoms with Crippen molar-refractivity contribution in [1.82, 2.24) is 15.2 Å². The minimum Gasteiger partial charge on any atom is -0.481 e. The molecule has 1 N–H and O–H groups in total. The summed E-state index contributed by atoms with van der Waals surface area (Å²) >= 11 is 0. The highest BCUT2D eigenvalue weighted by Gasteiger charge is 2.32. The van der Waals surface area contributed by atoms with Crippen LogP contribution in [0.3, 0.4) is 0 Å². The van der Waals surface area contributed by atoms with Crippen molar-refractivity contribution >= 4 is 0 Å². The molecule has 0 spiro atoms. The first-order chi connectivity index (χ1) is 9.54. The maximum Gasteiger partial charge on any atom is 0.213 e. The van der Waals surface area contributed by atoms with Crippen LogP contribution in [-0.2, 0) is 6.54 Å². The van der Waals surface area contributed by atoms with Crippen LogP contribution in [-0.4, -0.2) is 41.7 Å². The van der Waals surface area contributed by atoms with E-state index in [2.05, 4.69) is 42.0 Å². The number of nitrogens with one attached hydrogen (secondary N) is 1. The number of piperazine rings is 1. The van der Waals surface area contributed by atoms with Crippen LogP contribution in [0.1, 0.15) is 39.3 Å². The molecule has 2 rings (SSSR count). The molecule has 20 heavy (non-hydrogen) atoms. The first-order valence-corrected chi connectivity index (χ1v) is 7.53. The molecule has 4 heteroatoms. The van der Waals surface area contributed by atoms with E-state index in [1.165, 1.54) is 12.8 Å². The van der Waals surface area contributed by atoms with Crippen molar-refractivity contribution in [3.05, 3.63) is 23.9 Å². The maximum absolute atomic E-state index is 5.22. The maximum atomic E-state index is 5.22. The van der Waals surface area contributed by atoms with Crippen molar-refractivity contribution in [3.63, 3.8) is 0 Å². The van der Waals surface area contributed by atoms with E-state index in [1.807, 2.05) is 12.1 Å². The Morgan fingerprint density at radius 1 is 1.45 bits per heavy atom. The predicted molar refractivity (Wildman–Crippen MR) is 82.0 cm³/mol.